The van der Waals surface area contributed by atoms with Crippen molar-refractivity contribution in [3.63, 3.8) is 0 Å². The Morgan fingerprint density at radius 2 is 2.15 bits per heavy atom. The third-order valence-electron chi connectivity index (χ3n) is 3.80. The lowest BCUT2D eigenvalue weighted by Gasteiger charge is -2.31. The van der Waals surface area contributed by atoms with E-state index >= 15 is 0 Å². The smallest absolute Gasteiger partial charge is 0.153 e. The number of rotatable bonds is 2. The Kier molecular flexibility index (Phi) is 2.97. The standard InChI is InChI=1S/C15H22N4O/c1-8(2)5-10-13-12(14(16)19-18-13)9-7-20-15(3,4)6-11(9)17-10/h8H,5-7H2,1-4H3,(H3,16,18,19). The number of fused-ring (bicyclic) bond motifs is 3. The van der Waals surface area contributed by atoms with Crippen molar-refractivity contribution < 1.29 is 4.74 Å². The normalized spacial score (nSPS) is 17.6. The molecule has 2 aromatic heterocycles. The lowest BCUT2D eigenvalue weighted by atomic mass is 9.93. The van der Waals surface area contributed by atoms with Gasteiger partial charge >= 0.3 is 0 Å². The molecule has 0 radical (unpaired) electrons. The second kappa shape index (κ2) is 4.45. The second-order valence-electron chi connectivity index (χ2n) is 6.67. The van der Waals surface area contributed by atoms with Gasteiger partial charge in [-0.3, -0.25) is 10.1 Å². The molecule has 5 heteroatoms. The second-order valence-corrected chi connectivity index (χ2v) is 6.67. The van der Waals surface area contributed by atoms with Crippen LogP contribution in [0.4, 0.5) is 5.82 Å². The van der Waals surface area contributed by atoms with Gasteiger partial charge in [0.05, 0.1) is 28.8 Å². The molecule has 0 saturated heterocycles. The largest absolute Gasteiger partial charge is 0.382 e. The fraction of sp³-hybridized carbons (Fsp3) is 0.600. The van der Waals surface area contributed by atoms with Crippen molar-refractivity contribution in [1.82, 2.24) is 15.2 Å². The fourth-order valence-corrected chi connectivity index (χ4v) is 2.86. The van der Waals surface area contributed by atoms with E-state index in [1.54, 1.807) is 0 Å². The van der Waals surface area contributed by atoms with E-state index in [-0.39, 0.29) is 5.60 Å². The van der Waals surface area contributed by atoms with Gasteiger partial charge in [0.25, 0.3) is 0 Å². The summed E-state index contributed by atoms with van der Waals surface area (Å²) in [7, 11) is 0. The number of nitrogens with zero attached hydrogens (tertiary/aromatic N) is 2. The third-order valence-corrected chi connectivity index (χ3v) is 3.80. The molecule has 0 amide bonds. The molecule has 0 aromatic carbocycles. The molecule has 0 aliphatic carbocycles. The van der Waals surface area contributed by atoms with Crippen molar-refractivity contribution in [2.24, 2.45) is 5.92 Å². The number of pyridine rings is 1. The number of nitrogen functional groups attached to an aromatic ring is 1. The first-order valence-corrected chi connectivity index (χ1v) is 7.15. The molecule has 108 valence electrons. The van der Waals surface area contributed by atoms with Crippen molar-refractivity contribution in [3.05, 3.63) is 17.0 Å². The number of anilines is 1. The van der Waals surface area contributed by atoms with Crippen LogP contribution in [0.2, 0.25) is 0 Å². The lowest BCUT2D eigenvalue weighted by Crippen LogP contribution is -2.33. The zero-order valence-corrected chi connectivity index (χ0v) is 12.6. The minimum atomic E-state index is -0.165. The van der Waals surface area contributed by atoms with Gasteiger partial charge in [0.2, 0.25) is 0 Å². The zero-order valence-electron chi connectivity index (χ0n) is 12.6. The third kappa shape index (κ3) is 2.16. The summed E-state index contributed by atoms with van der Waals surface area (Å²) >= 11 is 0. The number of hydrogen-bond donors (Lipinski definition) is 2. The summed E-state index contributed by atoms with van der Waals surface area (Å²) in [6.07, 6.45) is 1.74. The molecule has 3 N–H and O–H groups in total. The molecule has 3 rings (SSSR count). The van der Waals surface area contributed by atoms with E-state index in [0.29, 0.717) is 18.3 Å². The van der Waals surface area contributed by atoms with E-state index in [1.807, 2.05) is 0 Å². The van der Waals surface area contributed by atoms with E-state index in [4.69, 9.17) is 15.5 Å². The van der Waals surface area contributed by atoms with E-state index in [9.17, 15) is 0 Å². The Balaban J connectivity index is 2.22. The predicted molar refractivity (Wildman–Crippen MR) is 79.4 cm³/mol. The maximum atomic E-state index is 6.04. The minimum Gasteiger partial charge on any atom is -0.382 e. The maximum absolute atomic E-state index is 6.04. The number of nitrogens with two attached hydrogens (primary N) is 1. The van der Waals surface area contributed by atoms with Crippen LogP contribution in [0.3, 0.4) is 0 Å². The first-order valence-electron chi connectivity index (χ1n) is 7.15. The van der Waals surface area contributed by atoms with Crippen LogP contribution in [0.15, 0.2) is 0 Å². The molecule has 1 aliphatic rings. The van der Waals surface area contributed by atoms with Crippen LogP contribution in [0.25, 0.3) is 10.9 Å². The highest BCUT2D eigenvalue weighted by Crippen LogP contribution is 2.34. The minimum absolute atomic E-state index is 0.165. The van der Waals surface area contributed by atoms with Crippen LogP contribution >= 0.6 is 0 Å². The SMILES string of the molecule is CC(C)Cc1nc2c(c3c(N)n[nH]c13)COC(C)(C)C2. The fourth-order valence-electron chi connectivity index (χ4n) is 2.86. The quantitative estimate of drug-likeness (QED) is 0.882. The van der Waals surface area contributed by atoms with Crippen LogP contribution in [0.1, 0.15) is 44.6 Å². The maximum Gasteiger partial charge on any atom is 0.153 e. The molecule has 3 heterocycles. The number of ether oxygens (including phenoxy) is 1. The van der Waals surface area contributed by atoms with Crippen LogP contribution in [-0.4, -0.2) is 20.8 Å². The Labute approximate surface area is 118 Å². The molecular weight excluding hydrogens is 252 g/mol. The molecule has 2 aromatic rings. The van der Waals surface area contributed by atoms with Gasteiger partial charge in [0.15, 0.2) is 5.82 Å². The first-order chi connectivity index (χ1) is 9.37. The van der Waals surface area contributed by atoms with E-state index in [2.05, 4.69) is 37.9 Å². The van der Waals surface area contributed by atoms with Gasteiger partial charge in [-0.25, -0.2) is 0 Å². The van der Waals surface area contributed by atoms with Crippen molar-refractivity contribution >= 4 is 16.7 Å². The van der Waals surface area contributed by atoms with Crippen LogP contribution in [0.5, 0.6) is 0 Å². The van der Waals surface area contributed by atoms with Gasteiger partial charge in [0, 0.05) is 17.7 Å². The zero-order chi connectivity index (χ0) is 14.5. The summed E-state index contributed by atoms with van der Waals surface area (Å²) in [6, 6.07) is 0. The van der Waals surface area contributed by atoms with Crippen molar-refractivity contribution in [3.8, 4) is 0 Å². The monoisotopic (exact) mass is 274 g/mol. The lowest BCUT2D eigenvalue weighted by molar-refractivity contribution is -0.0406. The van der Waals surface area contributed by atoms with E-state index < -0.39 is 0 Å². The number of nitrogens with one attached hydrogen (secondary N) is 1. The summed E-state index contributed by atoms with van der Waals surface area (Å²) < 4.78 is 5.91. The molecule has 0 unspecified atom stereocenters. The summed E-state index contributed by atoms with van der Waals surface area (Å²) in [5.74, 6) is 1.09. The molecular formula is C15H22N4O. The molecule has 20 heavy (non-hydrogen) atoms. The average molecular weight is 274 g/mol. The Bertz CT molecular complexity index is 657. The number of aromatic nitrogens is 3. The van der Waals surface area contributed by atoms with Gasteiger partial charge < -0.3 is 10.5 Å². The van der Waals surface area contributed by atoms with E-state index in [0.717, 1.165) is 40.7 Å². The van der Waals surface area contributed by atoms with Crippen molar-refractivity contribution in [2.45, 2.75) is 52.7 Å². The highest BCUT2D eigenvalue weighted by molar-refractivity contribution is 5.93. The van der Waals surface area contributed by atoms with Crippen LogP contribution < -0.4 is 5.73 Å². The van der Waals surface area contributed by atoms with Crippen molar-refractivity contribution in [1.29, 1.82) is 0 Å². The first kappa shape index (κ1) is 13.4. The molecule has 0 spiro atoms. The van der Waals surface area contributed by atoms with Crippen LogP contribution in [0, 0.1) is 5.92 Å². The van der Waals surface area contributed by atoms with Gasteiger partial charge in [-0.15, -0.1) is 0 Å². The number of hydrogen-bond acceptors (Lipinski definition) is 4. The van der Waals surface area contributed by atoms with Crippen molar-refractivity contribution in [2.75, 3.05) is 5.73 Å². The summed E-state index contributed by atoms with van der Waals surface area (Å²) in [5.41, 5.74) is 10.1. The molecule has 0 atom stereocenters. The average Bonchev–Trinajstić information content (AvgIpc) is 2.70. The topological polar surface area (TPSA) is 76.8 Å². The highest BCUT2D eigenvalue weighted by atomic mass is 16.5. The Morgan fingerprint density at radius 1 is 1.40 bits per heavy atom. The highest BCUT2D eigenvalue weighted by Gasteiger charge is 2.30. The Hall–Kier alpha value is -1.62. The Morgan fingerprint density at radius 3 is 2.85 bits per heavy atom. The summed E-state index contributed by atoms with van der Waals surface area (Å²) in [4.78, 5) is 4.88. The van der Waals surface area contributed by atoms with Gasteiger partial charge in [-0.2, -0.15) is 5.10 Å². The summed E-state index contributed by atoms with van der Waals surface area (Å²) in [5, 5.41) is 8.21. The molecule has 0 fully saturated rings. The molecule has 0 bridgehead atoms. The summed E-state index contributed by atoms with van der Waals surface area (Å²) in [6.45, 7) is 9.14. The van der Waals surface area contributed by atoms with Gasteiger partial charge in [-0.1, -0.05) is 13.8 Å². The predicted octanol–water partition coefficient (Wildman–Crippen LogP) is 2.59. The molecule has 5 nitrogen and oxygen atoms in total. The number of aromatic amines is 1. The van der Waals surface area contributed by atoms with Gasteiger partial charge in [0.1, 0.15) is 0 Å². The van der Waals surface area contributed by atoms with E-state index in [1.165, 1.54) is 0 Å². The number of H-pyrrole nitrogens is 1. The molecule has 1 aliphatic heterocycles. The van der Waals surface area contributed by atoms with Crippen LogP contribution in [-0.2, 0) is 24.2 Å². The van der Waals surface area contributed by atoms with Gasteiger partial charge in [-0.05, 0) is 26.2 Å². The molecule has 0 saturated carbocycles.